The van der Waals surface area contributed by atoms with Crippen molar-refractivity contribution in [2.24, 2.45) is 5.73 Å². The molecular weight excluding hydrogens is 216 g/mol. The van der Waals surface area contributed by atoms with Crippen LogP contribution in [0.15, 0.2) is 16.5 Å². The van der Waals surface area contributed by atoms with Crippen LogP contribution in [-0.4, -0.2) is 28.9 Å². The van der Waals surface area contributed by atoms with Gasteiger partial charge in [0.1, 0.15) is 5.76 Å². The van der Waals surface area contributed by atoms with Crippen LogP contribution < -0.4 is 5.73 Å². The summed E-state index contributed by atoms with van der Waals surface area (Å²) in [6.45, 7) is 6.65. The van der Waals surface area contributed by atoms with Crippen LogP contribution in [0.3, 0.4) is 0 Å². The molecule has 1 aliphatic rings. The summed E-state index contributed by atoms with van der Waals surface area (Å²) < 4.78 is 5.40. The number of carbonyl (C=O) groups is 1. The van der Waals surface area contributed by atoms with Crippen LogP contribution in [0.4, 0.5) is 0 Å². The third-order valence-electron chi connectivity index (χ3n) is 3.41. The summed E-state index contributed by atoms with van der Waals surface area (Å²) in [5, 5.41) is 0. The van der Waals surface area contributed by atoms with Gasteiger partial charge < -0.3 is 15.1 Å². The summed E-state index contributed by atoms with van der Waals surface area (Å²) in [7, 11) is 0. The zero-order valence-corrected chi connectivity index (χ0v) is 10.7. The molecule has 2 heterocycles. The van der Waals surface area contributed by atoms with E-state index in [2.05, 4.69) is 13.8 Å². The van der Waals surface area contributed by atoms with Crippen molar-refractivity contribution >= 4 is 5.91 Å². The fourth-order valence-corrected chi connectivity index (χ4v) is 2.51. The second kappa shape index (κ2) is 4.18. The number of aryl methyl sites for hydroxylation is 1. The first kappa shape index (κ1) is 12.2. The van der Waals surface area contributed by atoms with E-state index in [-0.39, 0.29) is 17.5 Å². The molecular formula is C13H20N2O2. The smallest absolute Gasteiger partial charge is 0.290 e. The lowest BCUT2D eigenvalue weighted by molar-refractivity contribution is 0.0369. The zero-order valence-electron chi connectivity index (χ0n) is 10.7. The Hall–Kier alpha value is -1.29. The minimum atomic E-state index is -0.199. The molecule has 0 saturated carbocycles. The molecule has 0 spiro atoms. The van der Waals surface area contributed by atoms with Crippen LogP contribution in [0, 0.1) is 6.92 Å². The molecule has 2 rings (SSSR count). The van der Waals surface area contributed by atoms with Gasteiger partial charge in [0, 0.05) is 18.1 Å². The van der Waals surface area contributed by atoms with E-state index in [0.717, 1.165) is 18.6 Å². The Kier molecular flexibility index (Phi) is 3.00. The molecule has 1 saturated heterocycles. The van der Waals surface area contributed by atoms with E-state index in [1.807, 2.05) is 17.9 Å². The summed E-state index contributed by atoms with van der Waals surface area (Å²) in [6, 6.07) is 3.74. The Morgan fingerprint density at radius 2 is 2.24 bits per heavy atom. The second-order valence-electron chi connectivity index (χ2n) is 5.43. The van der Waals surface area contributed by atoms with Gasteiger partial charge in [0.05, 0.1) is 0 Å². The summed E-state index contributed by atoms with van der Waals surface area (Å²) in [4.78, 5) is 14.2. The maximum Gasteiger partial charge on any atom is 0.290 e. The van der Waals surface area contributed by atoms with Gasteiger partial charge in [-0.2, -0.15) is 0 Å². The van der Waals surface area contributed by atoms with E-state index in [4.69, 9.17) is 10.2 Å². The normalized spacial score (nSPS) is 23.8. The van der Waals surface area contributed by atoms with Gasteiger partial charge in [0.25, 0.3) is 5.91 Å². The van der Waals surface area contributed by atoms with Crippen LogP contribution in [0.1, 0.15) is 43.0 Å². The topological polar surface area (TPSA) is 59.5 Å². The Bertz CT molecular complexity index is 423. The highest BCUT2D eigenvalue weighted by Crippen LogP contribution is 2.28. The fraction of sp³-hybridized carbons (Fsp3) is 0.615. The predicted molar refractivity (Wildman–Crippen MR) is 65.8 cm³/mol. The molecule has 4 heteroatoms. The molecule has 0 radical (unpaired) electrons. The number of nitrogens with zero attached hydrogens (tertiary/aromatic N) is 1. The molecule has 1 atom stereocenters. The molecule has 17 heavy (non-hydrogen) atoms. The lowest BCUT2D eigenvalue weighted by Gasteiger charge is -2.44. The number of likely N-dealkylation sites (tertiary alicyclic amines) is 1. The van der Waals surface area contributed by atoms with Crippen molar-refractivity contribution in [1.82, 2.24) is 4.90 Å². The minimum absolute atomic E-state index is 0.0324. The second-order valence-corrected chi connectivity index (χ2v) is 5.43. The third-order valence-corrected chi connectivity index (χ3v) is 3.41. The molecule has 1 aromatic rings. The molecule has 1 aromatic heterocycles. The Morgan fingerprint density at radius 3 is 2.76 bits per heavy atom. The highest BCUT2D eigenvalue weighted by Gasteiger charge is 2.37. The van der Waals surface area contributed by atoms with Crippen molar-refractivity contribution < 1.29 is 9.21 Å². The van der Waals surface area contributed by atoms with E-state index >= 15 is 0 Å². The Labute approximate surface area is 102 Å². The summed E-state index contributed by atoms with van der Waals surface area (Å²) >= 11 is 0. The van der Waals surface area contributed by atoms with E-state index in [1.54, 1.807) is 6.07 Å². The number of rotatable bonds is 1. The SMILES string of the molecule is Cc1ccc(C(=O)N2CCC(N)CC2(C)C)o1. The largest absolute Gasteiger partial charge is 0.456 e. The maximum absolute atomic E-state index is 12.3. The van der Waals surface area contributed by atoms with E-state index in [0.29, 0.717) is 12.3 Å². The number of hydrogen-bond donors (Lipinski definition) is 1. The summed E-state index contributed by atoms with van der Waals surface area (Å²) in [5.41, 5.74) is 5.76. The number of piperidine rings is 1. The number of nitrogens with two attached hydrogens (primary N) is 1. The first-order valence-corrected chi connectivity index (χ1v) is 6.04. The molecule has 0 aromatic carbocycles. The van der Waals surface area contributed by atoms with Gasteiger partial charge in [-0.1, -0.05) is 0 Å². The Balaban J connectivity index is 2.19. The molecule has 1 unspecified atom stereocenters. The summed E-state index contributed by atoms with van der Waals surface area (Å²) in [5.74, 6) is 1.15. The van der Waals surface area contributed by atoms with E-state index < -0.39 is 0 Å². The third kappa shape index (κ3) is 2.36. The lowest BCUT2D eigenvalue weighted by Crippen LogP contribution is -2.55. The zero-order chi connectivity index (χ0) is 12.6. The Morgan fingerprint density at radius 1 is 1.53 bits per heavy atom. The van der Waals surface area contributed by atoms with Crippen LogP contribution in [0.2, 0.25) is 0 Å². The van der Waals surface area contributed by atoms with Gasteiger partial charge in [-0.25, -0.2) is 0 Å². The van der Waals surface area contributed by atoms with Crippen molar-refractivity contribution in [2.75, 3.05) is 6.54 Å². The van der Waals surface area contributed by atoms with Crippen LogP contribution in [-0.2, 0) is 0 Å². The van der Waals surface area contributed by atoms with Crippen LogP contribution in [0.25, 0.3) is 0 Å². The fourth-order valence-electron chi connectivity index (χ4n) is 2.51. The van der Waals surface area contributed by atoms with Gasteiger partial charge >= 0.3 is 0 Å². The molecule has 1 fully saturated rings. The first-order valence-electron chi connectivity index (χ1n) is 6.04. The number of amides is 1. The van der Waals surface area contributed by atoms with Gasteiger partial charge in [0.2, 0.25) is 0 Å². The number of furan rings is 1. The standard InChI is InChI=1S/C13H20N2O2/c1-9-4-5-11(17-9)12(16)15-7-6-10(14)8-13(15,2)3/h4-5,10H,6-8,14H2,1-3H3. The first-order chi connectivity index (χ1) is 7.90. The number of carbonyl (C=O) groups excluding carboxylic acids is 1. The number of hydrogen-bond acceptors (Lipinski definition) is 3. The highest BCUT2D eigenvalue weighted by molar-refractivity contribution is 5.92. The van der Waals surface area contributed by atoms with E-state index in [1.165, 1.54) is 0 Å². The van der Waals surface area contributed by atoms with Crippen molar-refractivity contribution in [3.8, 4) is 0 Å². The average molecular weight is 236 g/mol. The van der Waals surface area contributed by atoms with Gasteiger partial charge in [-0.3, -0.25) is 4.79 Å². The molecule has 1 amide bonds. The quantitative estimate of drug-likeness (QED) is 0.810. The molecule has 0 bridgehead atoms. The summed E-state index contributed by atoms with van der Waals surface area (Å²) in [6.07, 6.45) is 1.69. The van der Waals surface area contributed by atoms with Crippen LogP contribution in [0.5, 0.6) is 0 Å². The minimum Gasteiger partial charge on any atom is -0.456 e. The molecule has 4 nitrogen and oxygen atoms in total. The highest BCUT2D eigenvalue weighted by atomic mass is 16.3. The van der Waals surface area contributed by atoms with Crippen molar-refractivity contribution in [1.29, 1.82) is 0 Å². The average Bonchev–Trinajstić information content (AvgIpc) is 2.62. The molecule has 0 aliphatic carbocycles. The monoisotopic (exact) mass is 236 g/mol. The maximum atomic E-state index is 12.3. The predicted octanol–water partition coefficient (Wildman–Crippen LogP) is 1.93. The molecule has 94 valence electrons. The van der Waals surface area contributed by atoms with Crippen LogP contribution >= 0.6 is 0 Å². The van der Waals surface area contributed by atoms with Crippen molar-refractivity contribution in [3.05, 3.63) is 23.7 Å². The van der Waals surface area contributed by atoms with Gasteiger partial charge in [0.15, 0.2) is 5.76 Å². The van der Waals surface area contributed by atoms with Crippen molar-refractivity contribution in [3.63, 3.8) is 0 Å². The van der Waals surface area contributed by atoms with E-state index in [9.17, 15) is 4.79 Å². The molecule has 2 N–H and O–H groups in total. The lowest BCUT2D eigenvalue weighted by atomic mass is 9.87. The van der Waals surface area contributed by atoms with Gasteiger partial charge in [-0.05, 0) is 45.7 Å². The van der Waals surface area contributed by atoms with Gasteiger partial charge in [-0.15, -0.1) is 0 Å². The molecule has 1 aliphatic heterocycles. The van der Waals surface area contributed by atoms with Crippen molar-refractivity contribution in [2.45, 2.75) is 45.2 Å².